The summed E-state index contributed by atoms with van der Waals surface area (Å²) in [6.07, 6.45) is 6.80. The Kier molecular flexibility index (Phi) is 4.02. The summed E-state index contributed by atoms with van der Waals surface area (Å²) in [4.78, 5) is 14.3. The van der Waals surface area contributed by atoms with Crippen LogP contribution in [-0.2, 0) is 9.53 Å². The maximum atomic E-state index is 12.0. The molecule has 1 aliphatic heterocycles. The molecule has 0 aromatic carbocycles. The van der Waals surface area contributed by atoms with Gasteiger partial charge in [-0.15, -0.1) is 0 Å². The predicted molar refractivity (Wildman–Crippen MR) is 75.7 cm³/mol. The molecule has 0 aromatic rings. The van der Waals surface area contributed by atoms with E-state index >= 15 is 0 Å². The first kappa shape index (κ1) is 14.3. The standard InChI is InChI=1S/C15H26N2O3/c1-20-13-3-2-8-17(9-13)10-15(14(18)19,11-4-5-11)16-12-6-7-12/h11-13,16H,2-10H2,1H3,(H,18,19). The zero-order valence-corrected chi connectivity index (χ0v) is 12.3. The molecule has 0 amide bonds. The minimum Gasteiger partial charge on any atom is -0.480 e. The van der Waals surface area contributed by atoms with Crippen molar-refractivity contribution in [3.05, 3.63) is 0 Å². The number of aliphatic carboxylic acids is 1. The van der Waals surface area contributed by atoms with E-state index in [0.29, 0.717) is 18.5 Å². The molecule has 0 spiro atoms. The Morgan fingerprint density at radius 3 is 2.65 bits per heavy atom. The number of rotatable bonds is 7. The van der Waals surface area contributed by atoms with Crippen molar-refractivity contribution in [3.63, 3.8) is 0 Å². The Morgan fingerprint density at radius 2 is 2.10 bits per heavy atom. The van der Waals surface area contributed by atoms with Gasteiger partial charge in [-0.2, -0.15) is 0 Å². The van der Waals surface area contributed by atoms with Crippen LogP contribution < -0.4 is 5.32 Å². The molecule has 114 valence electrons. The predicted octanol–water partition coefficient (Wildman–Crippen LogP) is 1.08. The van der Waals surface area contributed by atoms with E-state index in [1.165, 1.54) is 0 Å². The van der Waals surface area contributed by atoms with Crippen LogP contribution in [0.5, 0.6) is 0 Å². The van der Waals surface area contributed by atoms with Gasteiger partial charge >= 0.3 is 5.97 Å². The topological polar surface area (TPSA) is 61.8 Å². The van der Waals surface area contributed by atoms with Crippen molar-refractivity contribution in [2.24, 2.45) is 5.92 Å². The molecule has 3 aliphatic rings. The molecular formula is C15H26N2O3. The van der Waals surface area contributed by atoms with Crippen LogP contribution in [0.1, 0.15) is 38.5 Å². The molecule has 1 saturated heterocycles. The van der Waals surface area contributed by atoms with Gasteiger partial charge in [-0.1, -0.05) is 0 Å². The zero-order chi connectivity index (χ0) is 14.2. The van der Waals surface area contributed by atoms with Crippen molar-refractivity contribution >= 4 is 5.97 Å². The Hall–Kier alpha value is -0.650. The molecule has 0 radical (unpaired) electrons. The Morgan fingerprint density at radius 1 is 1.35 bits per heavy atom. The summed E-state index contributed by atoms with van der Waals surface area (Å²) in [6, 6.07) is 0.426. The van der Waals surface area contributed by atoms with Crippen LogP contribution in [0.4, 0.5) is 0 Å². The number of hydrogen-bond acceptors (Lipinski definition) is 4. The van der Waals surface area contributed by atoms with Gasteiger partial charge in [0.15, 0.2) is 0 Å². The van der Waals surface area contributed by atoms with E-state index < -0.39 is 11.5 Å². The average molecular weight is 282 g/mol. The fraction of sp³-hybridized carbons (Fsp3) is 0.933. The first-order valence-corrected chi connectivity index (χ1v) is 7.90. The second kappa shape index (κ2) is 5.62. The summed E-state index contributed by atoms with van der Waals surface area (Å²) in [6.45, 7) is 2.49. The fourth-order valence-corrected chi connectivity index (χ4v) is 3.47. The van der Waals surface area contributed by atoms with Crippen LogP contribution in [0.2, 0.25) is 0 Å². The monoisotopic (exact) mass is 282 g/mol. The second-order valence-electron chi connectivity index (χ2n) is 6.70. The Bertz CT molecular complexity index is 368. The van der Waals surface area contributed by atoms with Crippen molar-refractivity contribution in [3.8, 4) is 0 Å². The van der Waals surface area contributed by atoms with Gasteiger partial charge in [-0.25, -0.2) is 0 Å². The van der Waals surface area contributed by atoms with Crippen LogP contribution in [0.15, 0.2) is 0 Å². The third-order valence-corrected chi connectivity index (χ3v) is 4.96. The maximum absolute atomic E-state index is 12.0. The van der Waals surface area contributed by atoms with E-state index in [-0.39, 0.29) is 6.10 Å². The van der Waals surface area contributed by atoms with Crippen LogP contribution in [-0.4, -0.2) is 60.4 Å². The number of ether oxygens (including phenoxy) is 1. The highest BCUT2D eigenvalue weighted by Gasteiger charge is 2.54. The molecule has 3 rings (SSSR count). The smallest absolute Gasteiger partial charge is 0.325 e. The van der Waals surface area contributed by atoms with Crippen molar-refractivity contribution < 1.29 is 14.6 Å². The number of nitrogens with one attached hydrogen (secondary N) is 1. The summed E-state index contributed by atoms with van der Waals surface area (Å²) in [5.74, 6) is -0.352. The minimum absolute atomic E-state index is 0.260. The van der Waals surface area contributed by atoms with Crippen molar-refractivity contribution in [2.45, 2.75) is 56.2 Å². The van der Waals surface area contributed by atoms with E-state index in [1.807, 2.05) is 0 Å². The average Bonchev–Trinajstić information content (AvgIpc) is 3.30. The normalized spacial score (nSPS) is 30.9. The molecule has 2 N–H and O–H groups in total. The van der Waals surface area contributed by atoms with Crippen molar-refractivity contribution in [2.75, 3.05) is 26.7 Å². The molecule has 5 heteroatoms. The lowest BCUT2D eigenvalue weighted by Gasteiger charge is -2.39. The van der Waals surface area contributed by atoms with Crippen LogP contribution in [0.25, 0.3) is 0 Å². The van der Waals surface area contributed by atoms with Crippen molar-refractivity contribution in [1.82, 2.24) is 10.2 Å². The van der Waals surface area contributed by atoms with Gasteiger partial charge in [0.25, 0.3) is 0 Å². The molecule has 2 atom stereocenters. The highest BCUT2D eigenvalue weighted by atomic mass is 16.5. The zero-order valence-electron chi connectivity index (χ0n) is 12.3. The molecule has 2 saturated carbocycles. The maximum Gasteiger partial charge on any atom is 0.325 e. The molecule has 20 heavy (non-hydrogen) atoms. The molecule has 0 aromatic heterocycles. The van der Waals surface area contributed by atoms with Crippen molar-refractivity contribution in [1.29, 1.82) is 0 Å². The second-order valence-corrected chi connectivity index (χ2v) is 6.70. The third-order valence-electron chi connectivity index (χ3n) is 4.96. The highest BCUT2D eigenvalue weighted by Crippen LogP contribution is 2.42. The SMILES string of the molecule is COC1CCCN(CC(NC2CC2)(C(=O)O)C2CC2)C1. The van der Waals surface area contributed by atoms with E-state index in [1.54, 1.807) is 7.11 Å². The molecule has 0 bridgehead atoms. The third kappa shape index (κ3) is 3.00. The first-order chi connectivity index (χ1) is 9.64. The fourth-order valence-electron chi connectivity index (χ4n) is 3.47. The van der Waals surface area contributed by atoms with E-state index in [9.17, 15) is 9.90 Å². The molecule has 1 heterocycles. The number of hydrogen-bond donors (Lipinski definition) is 2. The van der Waals surface area contributed by atoms with Gasteiger partial charge < -0.3 is 9.84 Å². The number of nitrogens with zero attached hydrogens (tertiary/aromatic N) is 1. The summed E-state index contributed by atoms with van der Waals surface area (Å²) in [5.41, 5.74) is -0.725. The van der Waals surface area contributed by atoms with Crippen LogP contribution in [0.3, 0.4) is 0 Å². The van der Waals surface area contributed by atoms with Gasteiger partial charge in [0.2, 0.25) is 0 Å². The first-order valence-electron chi connectivity index (χ1n) is 7.90. The Labute approximate surface area is 120 Å². The Balaban J connectivity index is 1.69. The molecule has 3 fully saturated rings. The number of piperidine rings is 1. The highest BCUT2D eigenvalue weighted by molar-refractivity contribution is 5.80. The number of carboxylic acids is 1. The van der Waals surface area contributed by atoms with Gasteiger partial charge in [-0.05, 0) is 51.0 Å². The van der Waals surface area contributed by atoms with Gasteiger partial charge in [-0.3, -0.25) is 15.0 Å². The number of likely N-dealkylation sites (tertiary alicyclic amines) is 1. The van der Waals surface area contributed by atoms with Gasteiger partial charge in [0, 0.05) is 26.2 Å². The van der Waals surface area contributed by atoms with Crippen LogP contribution in [0, 0.1) is 5.92 Å². The molecule has 2 unspecified atom stereocenters. The van der Waals surface area contributed by atoms with E-state index in [0.717, 1.165) is 51.6 Å². The molecule has 5 nitrogen and oxygen atoms in total. The molecular weight excluding hydrogens is 256 g/mol. The molecule has 2 aliphatic carbocycles. The number of carboxylic acid groups (broad SMARTS) is 1. The largest absolute Gasteiger partial charge is 0.480 e. The summed E-state index contributed by atoms with van der Waals surface area (Å²) >= 11 is 0. The lowest BCUT2D eigenvalue weighted by Crippen LogP contribution is -2.62. The lowest BCUT2D eigenvalue weighted by molar-refractivity contribution is -0.147. The van der Waals surface area contributed by atoms with Gasteiger partial charge in [0.1, 0.15) is 5.54 Å². The number of methoxy groups -OCH3 is 1. The summed E-state index contributed by atoms with van der Waals surface area (Å²) in [7, 11) is 1.75. The lowest BCUT2D eigenvalue weighted by atomic mass is 9.91. The summed E-state index contributed by atoms with van der Waals surface area (Å²) in [5, 5.41) is 13.3. The van der Waals surface area contributed by atoms with E-state index in [4.69, 9.17) is 4.74 Å². The van der Waals surface area contributed by atoms with Crippen LogP contribution >= 0.6 is 0 Å². The summed E-state index contributed by atoms with van der Waals surface area (Å²) < 4.78 is 5.46. The quantitative estimate of drug-likeness (QED) is 0.732. The minimum atomic E-state index is -0.725. The van der Waals surface area contributed by atoms with E-state index in [2.05, 4.69) is 10.2 Å². The number of carbonyl (C=O) groups is 1. The van der Waals surface area contributed by atoms with Gasteiger partial charge in [0.05, 0.1) is 6.10 Å².